The molecule has 0 saturated carbocycles. The third kappa shape index (κ3) is 3.11. The summed E-state index contributed by atoms with van der Waals surface area (Å²) in [5, 5.41) is 5.18. The van der Waals surface area contributed by atoms with Crippen molar-refractivity contribution in [1.82, 2.24) is 0 Å². The Bertz CT molecular complexity index is 1170. The van der Waals surface area contributed by atoms with Crippen LogP contribution in [0.3, 0.4) is 0 Å². The van der Waals surface area contributed by atoms with Crippen molar-refractivity contribution < 1.29 is 0 Å². The number of hydrogen-bond donors (Lipinski definition) is 0. The summed E-state index contributed by atoms with van der Waals surface area (Å²) in [7, 11) is -0.104. The molecule has 0 fully saturated rings. The van der Waals surface area contributed by atoms with Crippen LogP contribution in [0.1, 0.15) is 0 Å². The molecule has 0 amide bonds. The zero-order chi connectivity index (χ0) is 18.1. The molecule has 0 spiro atoms. The number of hydrogen-bond acceptors (Lipinski definition) is 0. The van der Waals surface area contributed by atoms with Gasteiger partial charge in [-0.15, -0.1) is 0 Å². The predicted molar refractivity (Wildman–Crippen MR) is 117 cm³/mol. The molecule has 0 heterocycles. The van der Waals surface area contributed by atoms with Gasteiger partial charge in [0.2, 0.25) is 0 Å². The van der Waals surface area contributed by atoms with E-state index in [1.807, 2.05) is 0 Å². The van der Waals surface area contributed by atoms with Crippen molar-refractivity contribution in [2.24, 2.45) is 0 Å². The normalized spacial score (nSPS) is 11.3. The summed E-state index contributed by atoms with van der Waals surface area (Å²) in [5.41, 5.74) is 0. The van der Waals surface area contributed by atoms with Gasteiger partial charge in [0, 0.05) is 6.07 Å². The first-order valence-electron chi connectivity index (χ1n) is 9.15. The van der Waals surface area contributed by atoms with Crippen molar-refractivity contribution in [2.45, 2.75) is 14.7 Å². The van der Waals surface area contributed by atoms with Gasteiger partial charge in [0.05, 0.1) is 10.9 Å². The lowest BCUT2D eigenvalue weighted by Crippen LogP contribution is -2.04. The van der Waals surface area contributed by atoms with Gasteiger partial charge < -0.3 is 0 Å². The topological polar surface area (TPSA) is 0 Å². The van der Waals surface area contributed by atoms with Gasteiger partial charge in [0.15, 0.2) is 14.7 Å². The Balaban J connectivity index is 1.71. The van der Waals surface area contributed by atoms with Crippen LogP contribution >= 0.6 is 0 Å². The van der Waals surface area contributed by atoms with E-state index in [9.17, 15) is 0 Å². The first-order chi connectivity index (χ1) is 13.4. The zero-order valence-corrected chi connectivity index (χ0v) is 15.7. The fraction of sp³-hybridized carbons (Fsp3) is 0. The van der Waals surface area contributed by atoms with E-state index in [1.165, 1.54) is 36.2 Å². The average molecular weight is 364 g/mol. The fourth-order valence-corrected chi connectivity index (χ4v) is 5.69. The highest BCUT2D eigenvalue weighted by molar-refractivity contribution is 7.97. The Kier molecular flexibility index (Phi) is 4.16. The van der Waals surface area contributed by atoms with Gasteiger partial charge in [-0.2, -0.15) is 0 Å². The Morgan fingerprint density at radius 3 is 1.41 bits per heavy atom. The fourth-order valence-electron chi connectivity index (χ4n) is 3.57. The summed E-state index contributed by atoms with van der Waals surface area (Å²) >= 11 is 0. The summed E-state index contributed by atoms with van der Waals surface area (Å²) in [4.78, 5) is 4.06. The lowest BCUT2D eigenvalue weighted by atomic mass is 10.0. The van der Waals surface area contributed by atoms with Gasteiger partial charge in [-0.05, 0) is 70.1 Å². The van der Waals surface area contributed by atoms with Gasteiger partial charge in [-0.3, -0.25) is 0 Å². The van der Waals surface area contributed by atoms with Crippen molar-refractivity contribution in [2.75, 3.05) is 0 Å². The van der Waals surface area contributed by atoms with E-state index in [2.05, 4.69) is 115 Å². The van der Waals surface area contributed by atoms with Crippen LogP contribution in [0, 0.1) is 0 Å². The Morgan fingerprint density at radius 2 is 0.815 bits per heavy atom. The molecule has 0 aliphatic heterocycles. The second kappa shape index (κ2) is 6.94. The van der Waals surface area contributed by atoms with E-state index in [-0.39, 0.29) is 10.9 Å². The molecule has 1 heteroatoms. The van der Waals surface area contributed by atoms with Crippen molar-refractivity contribution in [3.63, 3.8) is 0 Å². The minimum absolute atomic E-state index is 0.104. The highest BCUT2D eigenvalue weighted by Gasteiger charge is 2.28. The minimum atomic E-state index is -0.104. The molecular formula is C26H19S+. The van der Waals surface area contributed by atoms with Crippen molar-refractivity contribution in [3.05, 3.63) is 115 Å². The molecule has 0 unspecified atom stereocenters. The minimum Gasteiger partial charge on any atom is -0.0619 e. The van der Waals surface area contributed by atoms with Gasteiger partial charge in [0.25, 0.3) is 0 Å². The Hall–Kier alpha value is -3.03. The maximum atomic E-state index is 2.37. The second-order valence-corrected chi connectivity index (χ2v) is 8.67. The van der Waals surface area contributed by atoms with Crippen LogP contribution in [0.2, 0.25) is 0 Å². The van der Waals surface area contributed by atoms with Gasteiger partial charge in [0.1, 0.15) is 0 Å². The molecule has 5 aromatic rings. The maximum Gasteiger partial charge on any atom is 0.167 e. The first kappa shape index (κ1) is 16.2. The van der Waals surface area contributed by atoms with Crippen LogP contribution < -0.4 is 0 Å². The molecule has 0 atom stereocenters. The van der Waals surface area contributed by atoms with Gasteiger partial charge >= 0.3 is 0 Å². The smallest absolute Gasteiger partial charge is 0.0619 e. The molecule has 5 rings (SSSR count). The lowest BCUT2D eigenvalue weighted by Gasteiger charge is -2.09. The van der Waals surface area contributed by atoms with Crippen LogP contribution in [-0.2, 0) is 10.9 Å². The third-order valence-corrected chi connectivity index (χ3v) is 7.08. The van der Waals surface area contributed by atoms with E-state index in [0.29, 0.717) is 0 Å². The molecule has 0 aromatic heterocycles. The van der Waals surface area contributed by atoms with Gasteiger partial charge in [-0.1, -0.05) is 60.7 Å². The zero-order valence-electron chi connectivity index (χ0n) is 14.9. The van der Waals surface area contributed by atoms with E-state index < -0.39 is 0 Å². The van der Waals surface area contributed by atoms with Crippen LogP contribution in [0.15, 0.2) is 130 Å². The molecule has 0 bridgehead atoms. The van der Waals surface area contributed by atoms with Crippen molar-refractivity contribution in [3.8, 4) is 0 Å². The summed E-state index contributed by atoms with van der Waals surface area (Å²) < 4.78 is 0. The highest BCUT2D eigenvalue weighted by atomic mass is 32.2. The Labute approximate surface area is 162 Å². The lowest BCUT2D eigenvalue weighted by molar-refractivity contribution is 1.33. The number of benzene rings is 5. The molecule has 128 valence electrons. The van der Waals surface area contributed by atoms with Crippen LogP contribution in [0.5, 0.6) is 0 Å². The van der Waals surface area contributed by atoms with E-state index >= 15 is 0 Å². The number of fused-ring (bicyclic) bond motifs is 2. The standard InChI is InChI=1S/C26H19S/c1-3-11-24(12-4-1)27(25-13-5-2-6-14-25)26-16-15-22-17-20-9-7-8-10-21(20)18-23(22)19-26/h1-19H/q+1. The SMILES string of the molecule is c1ccc([S+](c2ccccc2)c2ccc3cc4ccccc4cc3c2)cc1. The molecular weight excluding hydrogens is 344 g/mol. The molecule has 27 heavy (non-hydrogen) atoms. The summed E-state index contributed by atoms with van der Waals surface area (Å²) in [6.45, 7) is 0. The summed E-state index contributed by atoms with van der Waals surface area (Å²) in [6, 6.07) is 41.8. The molecule has 0 saturated heterocycles. The highest BCUT2D eigenvalue weighted by Crippen LogP contribution is 2.33. The summed E-state index contributed by atoms with van der Waals surface area (Å²) in [5.74, 6) is 0. The Morgan fingerprint density at radius 1 is 0.333 bits per heavy atom. The monoisotopic (exact) mass is 363 g/mol. The molecule has 0 nitrogen and oxygen atoms in total. The van der Waals surface area contributed by atoms with Crippen LogP contribution in [0.4, 0.5) is 0 Å². The molecule has 0 radical (unpaired) electrons. The van der Waals surface area contributed by atoms with Crippen molar-refractivity contribution >= 4 is 32.4 Å². The second-order valence-electron chi connectivity index (χ2n) is 6.64. The van der Waals surface area contributed by atoms with E-state index in [4.69, 9.17) is 0 Å². The van der Waals surface area contributed by atoms with Gasteiger partial charge in [-0.25, -0.2) is 0 Å². The van der Waals surface area contributed by atoms with E-state index in [0.717, 1.165) is 0 Å². The third-order valence-electron chi connectivity index (χ3n) is 4.87. The molecule has 5 aromatic carbocycles. The predicted octanol–water partition coefficient (Wildman–Crippen LogP) is 7.09. The maximum absolute atomic E-state index is 2.37. The number of rotatable bonds is 3. The molecule has 0 aliphatic carbocycles. The molecule has 0 N–H and O–H groups in total. The van der Waals surface area contributed by atoms with E-state index in [1.54, 1.807) is 0 Å². The largest absolute Gasteiger partial charge is 0.167 e. The molecule has 0 aliphatic rings. The van der Waals surface area contributed by atoms with Crippen LogP contribution in [-0.4, -0.2) is 0 Å². The average Bonchev–Trinajstić information content (AvgIpc) is 2.74. The van der Waals surface area contributed by atoms with Crippen LogP contribution in [0.25, 0.3) is 21.5 Å². The summed E-state index contributed by atoms with van der Waals surface area (Å²) in [6.07, 6.45) is 0. The van der Waals surface area contributed by atoms with Crippen molar-refractivity contribution in [1.29, 1.82) is 0 Å². The first-order valence-corrected chi connectivity index (χ1v) is 10.4. The quantitative estimate of drug-likeness (QED) is 0.237.